The van der Waals surface area contributed by atoms with E-state index in [0.29, 0.717) is 33.8 Å². The van der Waals surface area contributed by atoms with Crippen LogP contribution >= 0.6 is 23.8 Å². The minimum Gasteiger partial charge on any atom is -0.490 e. The molecule has 136 valence electrons. The maximum atomic E-state index is 12.2. The van der Waals surface area contributed by atoms with Gasteiger partial charge in [0.05, 0.1) is 23.8 Å². The van der Waals surface area contributed by atoms with Gasteiger partial charge < -0.3 is 20.1 Å². The summed E-state index contributed by atoms with van der Waals surface area (Å²) < 4.78 is 11.5. The molecule has 0 aliphatic carbocycles. The number of hydrogen-bond donors (Lipinski definition) is 2. The number of allylic oxidation sites excluding steroid dienone is 1. The van der Waals surface area contributed by atoms with Crippen molar-refractivity contribution in [1.29, 1.82) is 0 Å². The molecule has 0 spiro atoms. The van der Waals surface area contributed by atoms with Gasteiger partial charge in [0.25, 0.3) is 0 Å². The third kappa shape index (κ3) is 4.44. The normalized spacial score (nSPS) is 17.2. The van der Waals surface area contributed by atoms with Crippen LogP contribution in [0, 0.1) is 0 Å². The average molecular weight is 383 g/mol. The number of ketones is 1. The minimum atomic E-state index is -0.439. The molecule has 1 aliphatic heterocycles. The summed E-state index contributed by atoms with van der Waals surface area (Å²) in [5.74, 6) is 1.11. The molecular weight excluding hydrogens is 360 g/mol. The first-order valence-electron chi connectivity index (χ1n) is 8.16. The van der Waals surface area contributed by atoms with Gasteiger partial charge >= 0.3 is 0 Å². The quantitative estimate of drug-likeness (QED) is 0.727. The van der Waals surface area contributed by atoms with Crippen molar-refractivity contribution >= 4 is 34.7 Å². The van der Waals surface area contributed by atoms with Crippen LogP contribution in [-0.2, 0) is 4.79 Å². The van der Waals surface area contributed by atoms with Gasteiger partial charge in [0.1, 0.15) is 0 Å². The zero-order valence-electron chi connectivity index (χ0n) is 15.0. The summed E-state index contributed by atoms with van der Waals surface area (Å²) in [6.45, 7) is 9.61. The Bertz CT molecular complexity index is 731. The molecule has 1 aliphatic rings. The molecule has 2 N–H and O–H groups in total. The summed E-state index contributed by atoms with van der Waals surface area (Å²) in [7, 11) is 0. The molecule has 0 radical (unpaired) electrons. The lowest BCUT2D eigenvalue weighted by Gasteiger charge is -2.31. The fraction of sp³-hybridized carbons (Fsp3) is 0.444. The van der Waals surface area contributed by atoms with E-state index in [1.165, 1.54) is 6.92 Å². The third-order valence-corrected chi connectivity index (χ3v) is 4.23. The monoisotopic (exact) mass is 382 g/mol. The zero-order chi connectivity index (χ0) is 18.7. The van der Waals surface area contributed by atoms with Gasteiger partial charge in [-0.15, -0.1) is 0 Å². The lowest BCUT2D eigenvalue weighted by molar-refractivity contribution is -0.114. The maximum Gasteiger partial charge on any atom is 0.171 e. The van der Waals surface area contributed by atoms with E-state index < -0.39 is 6.04 Å². The molecule has 0 bridgehead atoms. The highest BCUT2D eigenvalue weighted by atomic mass is 35.5. The van der Waals surface area contributed by atoms with Crippen molar-refractivity contribution in [3.05, 3.63) is 34.0 Å². The van der Waals surface area contributed by atoms with E-state index in [4.69, 9.17) is 33.3 Å². The van der Waals surface area contributed by atoms with Crippen molar-refractivity contribution in [2.75, 3.05) is 6.61 Å². The standard InChI is InChI=1S/C18H23ClN2O3S/c1-6-23-14-7-12(13(19)8-15(14)24-9(2)3)17-16(11(5)22)10(4)20-18(25)21-17/h7-9,17H,6H2,1-5H3,(H2,20,21,25)/t17-/m0/s1. The van der Waals surface area contributed by atoms with Crippen molar-refractivity contribution in [3.63, 3.8) is 0 Å². The van der Waals surface area contributed by atoms with Crippen LogP contribution in [-0.4, -0.2) is 23.6 Å². The molecule has 0 fully saturated rings. The van der Waals surface area contributed by atoms with E-state index in [1.807, 2.05) is 33.8 Å². The molecule has 0 saturated heterocycles. The van der Waals surface area contributed by atoms with Crippen LogP contribution < -0.4 is 20.1 Å². The van der Waals surface area contributed by atoms with Crippen LogP contribution in [0.5, 0.6) is 11.5 Å². The van der Waals surface area contributed by atoms with Crippen LogP contribution in [0.1, 0.15) is 46.2 Å². The second kappa shape index (κ2) is 8.06. The highest BCUT2D eigenvalue weighted by Gasteiger charge is 2.30. The summed E-state index contributed by atoms with van der Waals surface area (Å²) in [6.07, 6.45) is -0.0133. The van der Waals surface area contributed by atoms with Crippen LogP contribution in [0.15, 0.2) is 23.4 Å². The van der Waals surface area contributed by atoms with Gasteiger partial charge in [-0.1, -0.05) is 11.6 Å². The second-order valence-corrected chi connectivity index (χ2v) is 6.86. The van der Waals surface area contributed by atoms with E-state index in [9.17, 15) is 4.79 Å². The Kier molecular flexibility index (Phi) is 6.30. The topological polar surface area (TPSA) is 59.6 Å². The molecule has 1 aromatic rings. The van der Waals surface area contributed by atoms with Crippen LogP contribution in [0.4, 0.5) is 0 Å². The SMILES string of the molecule is CCOc1cc([C@@H]2NC(=S)NC(C)=C2C(C)=O)c(Cl)cc1OC(C)C. The van der Waals surface area contributed by atoms with Gasteiger partial charge in [-0.2, -0.15) is 0 Å². The number of ether oxygens (including phenoxy) is 2. The van der Waals surface area contributed by atoms with Crippen LogP contribution in [0.25, 0.3) is 0 Å². The molecule has 0 amide bonds. The Balaban J connectivity index is 2.57. The zero-order valence-corrected chi connectivity index (χ0v) is 16.6. The summed E-state index contributed by atoms with van der Waals surface area (Å²) in [5, 5.41) is 7.04. The second-order valence-electron chi connectivity index (χ2n) is 6.05. The number of halogens is 1. The summed E-state index contributed by atoms with van der Waals surface area (Å²) >= 11 is 11.8. The number of carbonyl (C=O) groups is 1. The first-order valence-corrected chi connectivity index (χ1v) is 8.95. The molecule has 5 nitrogen and oxygen atoms in total. The first-order chi connectivity index (χ1) is 11.7. The molecular formula is C18H23ClN2O3S. The fourth-order valence-corrected chi connectivity index (χ4v) is 3.31. The molecule has 1 heterocycles. The average Bonchev–Trinajstić information content (AvgIpc) is 2.48. The predicted octanol–water partition coefficient (Wildman–Crippen LogP) is 3.91. The predicted molar refractivity (Wildman–Crippen MR) is 103 cm³/mol. The maximum absolute atomic E-state index is 12.2. The van der Waals surface area contributed by atoms with Gasteiger partial charge in [-0.25, -0.2) is 0 Å². The minimum absolute atomic E-state index is 0.0133. The Hall–Kier alpha value is -1.79. The number of thiocarbonyl (C=S) groups is 1. The Morgan fingerprint density at radius 3 is 2.60 bits per heavy atom. The molecule has 0 aromatic heterocycles. The highest BCUT2D eigenvalue weighted by molar-refractivity contribution is 7.80. The van der Waals surface area contributed by atoms with E-state index in [1.54, 1.807) is 6.07 Å². The lowest BCUT2D eigenvalue weighted by Crippen LogP contribution is -2.44. The molecule has 2 rings (SSSR count). The van der Waals surface area contributed by atoms with Crippen molar-refractivity contribution in [3.8, 4) is 11.5 Å². The number of nitrogens with one attached hydrogen (secondary N) is 2. The Morgan fingerprint density at radius 2 is 2.04 bits per heavy atom. The number of benzene rings is 1. The third-order valence-electron chi connectivity index (χ3n) is 3.68. The largest absolute Gasteiger partial charge is 0.490 e. The van der Waals surface area contributed by atoms with Gasteiger partial charge in [0, 0.05) is 22.9 Å². The van der Waals surface area contributed by atoms with E-state index in [0.717, 1.165) is 11.3 Å². The summed E-state index contributed by atoms with van der Waals surface area (Å²) in [5.41, 5.74) is 2.03. The molecule has 7 heteroatoms. The van der Waals surface area contributed by atoms with Crippen molar-refractivity contribution < 1.29 is 14.3 Å². The first kappa shape index (κ1) is 19.5. The smallest absolute Gasteiger partial charge is 0.171 e. The van der Waals surface area contributed by atoms with Crippen molar-refractivity contribution in [2.45, 2.75) is 46.8 Å². The van der Waals surface area contributed by atoms with Crippen molar-refractivity contribution in [1.82, 2.24) is 10.6 Å². The summed E-state index contributed by atoms with van der Waals surface area (Å²) in [4.78, 5) is 12.2. The fourth-order valence-electron chi connectivity index (χ4n) is 2.78. The molecule has 0 unspecified atom stereocenters. The van der Waals surface area contributed by atoms with Crippen molar-refractivity contribution in [2.24, 2.45) is 0 Å². The number of hydrogen-bond acceptors (Lipinski definition) is 4. The number of rotatable bonds is 6. The molecule has 1 atom stereocenters. The van der Waals surface area contributed by atoms with E-state index in [2.05, 4.69) is 10.6 Å². The van der Waals surface area contributed by atoms with Crippen LogP contribution in [0.2, 0.25) is 5.02 Å². The molecule has 25 heavy (non-hydrogen) atoms. The molecule has 1 aromatic carbocycles. The van der Waals surface area contributed by atoms with E-state index in [-0.39, 0.29) is 11.9 Å². The van der Waals surface area contributed by atoms with Gasteiger partial charge in [0.2, 0.25) is 0 Å². The summed E-state index contributed by atoms with van der Waals surface area (Å²) in [6, 6.07) is 3.10. The molecule has 0 saturated carbocycles. The van der Waals surface area contributed by atoms with Crippen LogP contribution in [0.3, 0.4) is 0 Å². The van der Waals surface area contributed by atoms with Gasteiger partial charge in [-0.3, -0.25) is 4.79 Å². The van der Waals surface area contributed by atoms with E-state index >= 15 is 0 Å². The Morgan fingerprint density at radius 1 is 1.36 bits per heavy atom. The highest BCUT2D eigenvalue weighted by Crippen LogP contribution is 2.40. The number of carbonyl (C=O) groups excluding carboxylic acids is 1. The number of Topliss-reactive ketones (excluding diaryl/α,β-unsaturated/α-hetero) is 1. The van der Waals surface area contributed by atoms with Gasteiger partial charge in [-0.05, 0) is 52.9 Å². The van der Waals surface area contributed by atoms with Gasteiger partial charge in [0.15, 0.2) is 22.4 Å². The lowest BCUT2D eigenvalue weighted by atomic mass is 9.93. The Labute approximate surface area is 158 Å².